The van der Waals surface area contributed by atoms with Crippen molar-refractivity contribution in [1.82, 2.24) is 0 Å². The van der Waals surface area contributed by atoms with Crippen molar-refractivity contribution >= 4 is 21.4 Å². The van der Waals surface area contributed by atoms with Gasteiger partial charge in [-0.15, -0.1) is 0 Å². The maximum atomic E-state index is 12.1. The van der Waals surface area contributed by atoms with Gasteiger partial charge in [0.2, 0.25) is 0 Å². The summed E-state index contributed by atoms with van der Waals surface area (Å²) >= 11 is 5.84. The van der Waals surface area contributed by atoms with Crippen LogP contribution >= 0.6 is 11.6 Å². The van der Waals surface area contributed by atoms with Crippen molar-refractivity contribution in [3.8, 4) is 6.07 Å². The molecule has 0 aliphatic heterocycles. The molecule has 2 aromatic rings. The SMILES string of the molecule is N#Cc1ccc(CS(=O)(=O)Cc2cccc(Cl)c2)cc1. The van der Waals surface area contributed by atoms with Crippen molar-refractivity contribution < 1.29 is 8.42 Å². The largest absolute Gasteiger partial charge is 0.228 e. The summed E-state index contributed by atoms with van der Waals surface area (Å²) < 4.78 is 24.3. The zero-order valence-electron chi connectivity index (χ0n) is 10.6. The third-order valence-corrected chi connectivity index (χ3v) is 4.53. The fourth-order valence-electron chi connectivity index (χ4n) is 1.86. The smallest absolute Gasteiger partial charge is 0.158 e. The van der Waals surface area contributed by atoms with E-state index >= 15 is 0 Å². The lowest BCUT2D eigenvalue weighted by atomic mass is 10.2. The van der Waals surface area contributed by atoms with Gasteiger partial charge >= 0.3 is 0 Å². The molecule has 0 heterocycles. The van der Waals surface area contributed by atoms with E-state index in [1.54, 1.807) is 48.5 Å². The molecule has 0 saturated carbocycles. The predicted molar refractivity (Wildman–Crippen MR) is 78.9 cm³/mol. The molecule has 20 heavy (non-hydrogen) atoms. The van der Waals surface area contributed by atoms with Crippen LogP contribution in [0.4, 0.5) is 0 Å². The second-order valence-corrected chi connectivity index (χ2v) is 6.97. The molecule has 0 bridgehead atoms. The van der Waals surface area contributed by atoms with Crippen molar-refractivity contribution in [3.05, 3.63) is 70.2 Å². The van der Waals surface area contributed by atoms with Crippen LogP contribution in [0.3, 0.4) is 0 Å². The van der Waals surface area contributed by atoms with Crippen LogP contribution in [0, 0.1) is 11.3 Å². The number of hydrogen-bond acceptors (Lipinski definition) is 3. The van der Waals surface area contributed by atoms with Gasteiger partial charge in [-0.1, -0.05) is 35.9 Å². The molecular weight excluding hydrogens is 294 g/mol. The van der Waals surface area contributed by atoms with Gasteiger partial charge in [0.1, 0.15) is 0 Å². The molecular formula is C15H12ClNO2S. The third-order valence-electron chi connectivity index (χ3n) is 2.75. The number of nitriles is 1. The van der Waals surface area contributed by atoms with Crippen LogP contribution in [0.15, 0.2) is 48.5 Å². The van der Waals surface area contributed by atoms with Crippen LogP contribution in [-0.4, -0.2) is 8.42 Å². The second-order valence-electron chi connectivity index (χ2n) is 4.47. The Kier molecular flexibility index (Phi) is 4.43. The summed E-state index contributed by atoms with van der Waals surface area (Å²) in [5.41, 5.74) is 1.86. The van der Waals surface area contributed by atoms with E-state index in [-0.39, 0.29) is 11.5 Å². The van der Waals surface area contributed by atoms with Gasteiger partial charge in [0.25, 0.3) is 0 Å². The molecule has 0 aromatic heterocycles. The molecule has 3 nitrogen and oxygen atoms in total. The summed E-state index contributed by atoms with van der Waals surface area (Å²) in [7, 11) is -3.27. The summed E-state index contributed by atoms with van der Waals surface area (Å²) in [5.74, 6) is -0.0984. The highest BCUT2D eigenvalue weighted by Crippen LogP contribution is 2.16. The van der Waals surface area contributed by atoms with Crippen LogP contribution in [0.1, 0.15) is 16.7 Å². The highest BCUT2D eigenvalue weighted by atomic mass is 35.5. The first-order valence-electron chi connectivity index (χ1n) is 5.92. The zero-order valence-corrected chi connectivity index (χ0v) is 12.2. The average molecular weight is 306 g/mol. The van der Waals surface area contributed by atoms with E-state index in [0.29, 0.717) is 21.7 Å². The second kappa shape index (κ2) is 6.08. The maximum Gasteiger partial charge on any atom is 0.158 e. The van der Waals surface area contributed by atoms with Gasteiger partial charge in [-0.25, -0.2) is 8.42 Å². The summed E-state index contributed by atoms with van der Waals surface area (Å²) in [6.45, 7) is 0. The van der Waals surface area contributed by atoms with Crippen molar-refractivity contribution in [2.24, 2.45) is 0 Å². The quantitative estimate of drug-likeness (QED) is 0.870. The van der Waals surface area contributed by atoms with Gasteiger partial charge < -0.3 is 0 Å². The maximum absolute atomic E-state index is 12.1. The Labute approximate surface area is 123 Å². The molecule has 2 aromatic carbocycles. The molecule has 0 amide bonds. The average Bonchev–Trinajstić information content (AvgIpc) is 2.38. The molecule has 0 N–H and O–H groups in total. The molecule has 2 rings (SSSR count). The lowest BCUT2D eigenvalue weighted by molar-refractivity contribution is 0.594. The van der Waals surface area contributed by atoms with Gasteiger partial charge in [0.15, 0.2) is 9.84 Å². The molecule has 0 unspecified atom stereocenters. The Morgan fingerprint density at radius 2 is 1.65 bits per heavy atom. The van der Waals surface area contributed by atoms with Crippen LogP contribution < -0.4 is 0 Å². The van der Waals surface area contributed by atoms with E-state index in [2.05, 4.69) is 0 Å². The zero-order chi connectivity index (χ0) is 14.6. The minimum atomic E-state index is -3.27. The number of rotatable bonds is 4. The first-order chi connectivity index (χ1) is 9.48. The Bertz CT molecular complexity index is 746. The summed E-state index contributed by atoms with van der Waals surface area (Å²) in [6.07, 6.45) is 0. The normalized spacial score (nSPS) is 11.0. The molecule has 0 spiro atoms. The molecule has 0 saturated heterocycles. The summed E-state index contributed by atoms with van der Waals surface area (Å²) in [5, 5.41) is 9.23. The summed E-state index contributed by atoms with van der Waals surface area (Å²) in [4.78, 5) is 0. The third kappa shape index (κ3) is 4.09. The topological polar surface area (TPSA) is 57.9 Å². The molecule has 0 atom stereocenters. The van der Waals surface area contributed by atoms with Crippen molar-refractivity contribution in [1.29, 1.82) is 5.26 Å². The number of hydrogen-bond donors (Lipinski definition) is 0. The number of nitrogens with zero attached hydrogens (tertiary/aromatic N) is 1. The highest BCUT2D eigenvalue weighted by Gasteiger charge is 2.13. The van der Waals surface area contributed by atoms with Gasteiger partial charge in [-0.2, -0.15) is 5.26 Å². The van der Waals surface area contributed by atoms with Crippen molar-refractivity contribution in [2.45, 2.75) is 11.5 Å². The van der Waals surface area contributed by atoms with E-state index in [0.717, 1.165) is 0 Å². The number of sulfone groups is 1. The Morgan fingerprint density at radius 1 is 1.00 bits per heavy atom. The van der Waals surface area contributed by atoms with Gasteiger partial charge in [0.05, 0.1) is 23.1 Å². The Balaban J connectivity index is 2.13. The molecule has 0 aliphatic carbocycles. The lowest BCUT2D eigenvalue weighted by Crippen LogP contribution is -2.07. The van der Waals surface area contributed by atoms with Crippen LogP contribution in [0.25, 0.3) is 0 Å². The van der Waals surface area contributed by atoms with E-state index in [9.17, 15) is 8.42 Å². The number of halogens is 1. The molecule has 0 aliphatic rings. The fraction of sp³-hybridized carbons (Fsp3) is 0.133. The minimum Gasteiger partial charge on any atom is -0.228 e. The highest BCUT2D eigenvalue weighted by molar-refractivity contribution is 7.89. The standard InChI is InChI=1S/C15H12ClNO2S/c16-15-3-1-2-14(8-15)11-20(18,19)10-13-6-4-12(9-17)5-7-13/h1-8H,10-11H2. The van der Waals surface area contributed by atoms with Gasteiger partial charge in [0, 0.05) is 5.02 Å². The fourth-order valence-corrected chi connectivity index (χ4v) is 3.56. The van der Waals surface area contributed by atoms with Crippen molar-refractivity contribution in [3.63, 3.8) is 0 Å². The van der Waals surface area contributed by atoms with E-state index < -0.39 is 9.84 Å². The van der Waals surface area contributed by atoms with Crippen LogP contribution in [0.2, 0.25) is 5.02 Å². The Hall–Kier alpha value is -1.83. The van der Waals surface area contributed by atoms with Gasteiger partial charge in [-0.05, 0) is 35.4 Å². The first kappa shape index (κ1) is 14.6. The monoisotopic (exact) mass is 305 g/mol. The summed E-state index contributed by atoms with van der Waals surface area (Å²) in [6, 6.07) is 15.4. The van der Waals surface area contributed by atoms with Crippen LogP contribution in [-0.2, 0) is 21.3 Å². The molecule has 0 fully saturated rings. The first-order valence-corrected chi connectivity index (χ1v) is 8.12. The van der Waals surface area contributed by atoms with Gasteiger partial charge in [-0.3, -0.25) is 0 Å². The van der Waals surface area contributed by atoms with Crippen molar-refractivity contribution in [2.75, 3.05) is 0 Å². The molecule has 102 valence electrons. The number of benzene rings is 2. The predicted octanol–water partition coefficient (Wildman–Crippen LogP) is 3.33. The van der Waals surface area contributed by atoms with E-state index in [4.69, 9.17) is 16.9 Å². The molecule has 5 heteroatoms. The molecule has 0 radical (unpaired) electrons. The van der Waals surface area contributed by atoms with E-state index in [1.807, 2.05) is 6.07 Å². The van der Waals surface area contributed by atoms with E-state index in [1.165, 1.54) is 0 Å². The lowest BCUT2D eigenvalue weighted by Gasteiger charge is -2.05. The minimum absolute atomic E-state index is 0.0481. The Morgan fingerprint density at radius 3 is 2.25 bits per heavy atom. The van der Waals surface area contributed by atoms with Crippen LogP contribution in [0.5, 0.6) is 0 Å².